The third-order valence-corrected chi connectivity index (χ3v) is 5.77. The summed E-state index contributed by atoms with van der Waals surface area (Å²) < 4.78 is 43.4. The Morgan fingerprint density at radius 2 is 1.93 bits per heavy atom. The molecule has 1 aliphatic rings. The summed E-state index contributed by atoms with van der Waals surface area (Å²) in [4.78, 5) is 29.8. The van der Waals surface area contributed by atoms with Gasteiger partial charge in [-0.2, -0.15) is 13.2 Å². The van der Waals surface area contributed by atoms with E-state index in [1.54, 1.807) is 23.9 Å². The first-order chi connectivity index (χ1) is 14.2. The van der Waals surface area contributed by atoms with Crippen LogP contribution < -0.4 is 10.6 Å². The van der Waals surface area contributed by atoms with Crippen LogP contribution in [0.2, 0.25) is 0 Å². The van der Waals surface area contributed by atoms with Gasteiger partial charge in [-0.3, -0.25) is 19.5 Å². The molecular weight excluding hydrogens is 417 g/mol. The van der Waals surface area contributed by atoms with Crippen molar-refractivity contribution in [3.05, 3.63) is 42.5 Å². The van der Waals surface area contributed by atoms with Crippen LogP contribution in [0.15, 0.2) is 47.4 Å². The predicted octanol–water partition coefficient (Wildman–Crippen LogP) is 4.12. The van der Waals surface area contributed by atoms with Gasteiger partial charge < -0.3 is 5.32 Å². The fourth-order valence-electron chi connectivity index (χ4n) is 3.55. The lowest BCUT2D eigenvalue weighted by Gasteiger charge is -2.31. The van der Waals surface area contributed by atoms with Crippen molar-refractivity contribution in [2.45, 2.75) is 30.1 Å². The summed E-state index contributed by atoms with van der Waals surface area (Å²) in [7, 11) is 0. The topological polar surface area (TPSA) is 76.0 Å². The maximum Gasteiger partial charge on any atom is 0.440 e. The van der Waals surface area contributed by atoms with Crippen molar-refractivity contribution in [1.29, 1.82) is 0 Å². The van der Waals surface area contributed by atoms with E-state index >= 15 is 0 Å². The Morgan fingerprint density at radius 3 is 2.53 bits per heavy atom. The highest BCUT2D eigenvalue weighted by Gasteiger charge is 2.67. The van der Waals surface area contributed by atoms with Crippen LogP contribution in [0.5, 0.6) is 0 Å². The third kappa shape index (κ3) is 2.85. The highest BCUT2D eigenvalue weighted by molar-refractivity contribution is 7.98. The second kappa shape index (κ2) is 7.05. The van der Waals surface area contributed by atoms with Gasteiger partial charge in [0, 0.05) is 16.9 Å². The summed E-state index contributed by atoms with van der Waals surface area (Å²) in [5.74, 6) is -2.56. The minimum atomic E-state index is -5.09. The van der Waals surface area contributed by atoms with E-state index < -0.39 is 23.7 Å². The number of nitrogens with one attached hydrogen (secondary N) is 2. The van der Waals surface area contributed by atoms with Crippen molar-refractivity contribution in [3.63, 3.8) is 0 Å². The van der Waals surface area contributed by atoms with Crippen LogP contribution in [-0.4, -0.2) is 33.8 Å². The number of anilines is 1. The molecule has 0 saturated carbocycles. The average molecular weight is 434 g/mol. The Hall–Kier alpha value is -3.01. The molecule has 1 aromatic heterocycles. The minimum Gasteiger partial charge on any atom is -0.317 e. The van der Waals surface area contributed by atoms with Crippen molar-refractivity contribution in [1.82, 2.24) is 14.9 Å². The molecule has 1 atom stereocenters. The number of nitrogens with zero attached hydrogens (tertiary/aromatic N) is 2. The van der Waals surface area contributed by atoms with E-state index in [2.05, 4.69) is 10.3 Å². The number of carbonyl (C=O) groups is 2. The van der Waals surface area contributed by atoms with E-state index in [1.807, 2.05) is 35.8 Å². The number of halogens is 3. The van der Waals surface area contributed by atoms with E-state index in [-0.39, 0.29) is 17.9 Å². The molecule has 3 aromatic rings. The molecule has 156 valence electrons. The maximum absolute atomic E-state index is 14.2. The lowest BCUT2D eigenvalue weighted by molar-refractivity contribution is -0.217. The smallest absolute Gasteiger partial charge is 0.317 e. The van der Waals surface area contributed by atoms with Crippen LogP contribution in [0, 0.1) is 0 Å². The molecule has 0 bridgehead atoms. The van der Waals surface area contributed by atoms with E-state index in [1.165, 1.54) is 13.0 Å². The van der Waals surface area contributed by atoms with Crippen LogP contribution >= 0.6 is 11.8 Å². The number of fused-ring (bicyclic) bond motifs is 3. The maximum atomic E-state index is 14.2. The van der Waals surface area contributed by atoms with Gasteiger partial charge in [-0.05, 0) is 30.0 Å². The predicted molar refractivity (Wildman–Crippen MR) is 108 cm³/mol. The Morgan fingerprint density at radius 1 is 1.23 bits per heavy atom. The van der Waals surface area contributed by atoms with Gasteiger partial charge in [-0.25, -0.2) is 4.98 Å². The number of alkyl halides is 3. The van der Waals surface area contributed by atoms with Gasteiger partial charge >= 0.3 is 6.18 Å². The zero-order valence-electron chi connectivity index (χ0n) is 16.0. The molecule has 2 heterocycles. The molecule has 6 nitrogen and oxygen atoms in total. The molecule has 0 spiro atoms. The fraction of sp³-hybridized carbons (Fsp3) is 0.250. The number of benzene rings is 2. The second-order valence-corrected chi connectivity index (χ2v) is 7.62. The first kappa shape index (κ1) is 20.3. The Labute approximate surface area is 173 Å². The normalized spacial score (nSPS) is 18.4. The number of amides is 2. The van der Waals surface area contributed by atoms with E-state index in [0.717, 1.165) is 15.0 Å². The lowest BCUT2D eigenvalue weighted by Crippen LogP contribution is -2.63. The number of aromatic nitrogens is 2. The quantitative estimate of drug-likeness (QED) is 0.606. The Balaban J connectivity index is 1.96. The zero-order valence-corrected chi connectivity index (χ0v) is 16.8. The van der Waals surface area contributed by atoms with Gasteiger partial charge in [-0.1, -0.05) is 31.2 Å². The molecular formula is C20H17F3N4O2S. The number of hydrogen-bond acceptors (Lipinski definition) is 4. The molecule has 1 aliphatic heterocycles. The van der Waals surface area contributed by atoms with E-state index in [4.69, 9.17) is 0 Å². The molecule has 30 heavy (non-hydrogen) atoms. The van der Waals surface area contributed by atoms with Gasteiger partial charge in [0.25, 0.3) is 11.6 Å². The van der Waals surface area contributed by atoms with E-state index in [0.29, 0.717) is 11.1 Å². The molecule has 0 saturated heterocycles. The van der Waals surface area contributed by atoms with Gasteiger partial charge in [0.1, 0.15) is 0 Å². The number of imidazole rings is 1. The molecule has 4 rings (SSSR count). The van der Waals surface area contributed by atoms with Crippen molar-refractivity contribution in [2.75, 3.05) is 11.6 Å². The SMILES string of the molecule is CCC(=O)NC1(C(F)(F)F)C(=O)Nc2nc3c(-c4ccc(SC)cc4)cccc3n21. The summed E-state index contributed by atoms with van der Waals surface area (Å²) in [5, 5.41) is 4.07. The van der Waals surface area contributed by atoms with E-state index in [9.17, 15) is 22.8 Å². The summed E-state index contributed by atoms with van der Waals surface area (Å²) in [6, 6.07) is 12.3. The highest BCUT2D eigenvalue weighted by Crippen LogP contribution is 2.45. The second-order valence-electron chi connectivity index (χ2n) is 6.74. The molecule has 2 amide bonds. The van der Waals surface area contributed by atoms with Crippen LogP contribution in [0.4, 0.5) is 19.1 Å². The van der Waals surface area contributed by atoms with Crippen LogP contribution in [-0.2, 0) is 15.3 Å². The molecule has 0 fully saturated rings. The minimum absolute atomic E-state index is 0.0866. The summed E-state index contributed by atoms with van der Waals surface area (Å²) in [5.41, 5.74) is -1.48. The molecule has 0 aliphatic carbocycles. The van der Waals surface area contributed by atoms with Crippen molar-refractivity contribution in [2.24, 2.45) is 0 Å². The first-order valence-corrected chi connectivity index (χ1v) is 10.3. The lowest BCUT2D eigenvalue weighted by atomic mass is 10.0. The number of carbonyl (C=O) groups excluding carboxylic acids is 2. The molecule has 10 heteroatoms. The third-order valence-electron chi connectivity index (χ3n) is 5.03. The Kier molecular flexibility index (Phi) is 4.76. The van der Waals surface area contributed by atoms with Gasteiger partial charge in [0.2, 0.25) is 11.9 Å². The van der Waals surface area contributed by atoms with Crippen molar-refractivity contribution < 1.29 is 22.8 Å². The average Bonchev–Trinajstić information content (AvgIpc) is 3.21. The number of thioether (sulfide) groups is 1. The molecule has 2 N–H and O–H groups in total. The molecule has 0 radical (unpaired) electrons. The van der Waals surface area contributed by atoms with Gasteiger partial charge in [0.15, 0.2) is 0 Å². The zero-order chi connectivity index (χ0) is 21.7. The van der Waals surface area contributed by atoms with Gasteiger partial charge in [0.05, 0.1) is 11.0 Å². The fourth-order valence-corrected chi connectivity index (χ4v) is 3.96. The summed E-state index contributed by atoms with van der Waals surface area (Å²) in [6.07, 6.45) is -3.35. The highest BCUT2D eigenvalue weighted by atomic mass is 32.2. The number of hydrogen-bond donors (Lipinski definition) is 2. The first-order valence-electron chi connectivity index (χ1n) is 9.08. The monoisotopic (exact) mass is 434 g/mol. The standard InChI is InChI=1S/C20H17F3N4O2S/c1-3-15(28)26-19(20(21,22)23)17(29)25-18-24-16-13(5-4-6-14(16)27(18)19)11-7-9-12(30-2)10-8-11/h4-10H,3H2,1-2H3,(H,26,28)(H,24,25,29). The number of para-hydroxylation sites is 1. The molecule has 1 unspecified atom stereocenters. The van der Waals surface area contributed by atoms with Crippen molar-refractivity contribution >= 4 is 40.6 Å². The van der Waals surface area contributed by atoms with Crippen molar-refractivity contribution in [3.8, 4) is 11.1 Å². The van der Waals surface area contributed by atoms with Crippen LogP contribution in [0.3, 0.4) is 0 Å². The largest absolute Gasteiger partial charge is 0.440 e. The summed E-state index contributed by atoms with van der Waals surface area (Å²) >= 11 is 1.57. The number of rotatable bonds is 4. The van der Waals surface area contributed by atoms with Crippen LogP contribution in [0.1, 0.15) is 13.3 Å². The molecule has 2 aromatic carbocycles. The Bertz CT molecular complexity index is 1160. The van der Waals surface area contributed by atoms with Gasteiger partial charge in [-0.15, -0.1) is 11.8 Å². The van der Waals surface area contributed by atoms with Crippen LogP contribution in [0.25, 0.3) is 22.2 Å². The summed E-state index contributed by atoms with van der Waals surface area (Å²) in [6.45, 7) is 1.41.